The van der Waals surface area contributed by atoms with E-state index in [-0.39, 0.29) is 0 Å². The molecule has 0 aliphatic rings. The maximum absolute atomic E-state index is 12.5. The van der Waals surface area contributed by atoms with Gasteiger partial charge in [-0.2, -0.15) is 18.3 Å². The van der Waals surface area contributed by atoms with Gasteiger partial charge in [0.05, 0.1) is 5.69 Å². The van der Waals surface area contributed by atoms with Crippen molar-refractivity contribution in [3.63, 3.8) is 0 Å². The highest BCUT2D eigenvalue weighted by Gasteiger charge is 2.34. The quantitative estimate of drug-likeness (QED) is 0.896. The molecule has 1 heterocycles. The van der Waals surface area contributed by atoms with E-state index in [1.165, 1.54) is 4.68 Å². The van der Waals surface area contributed by atoms with Gasteiger partial charge in [-0.25, -0.2) is 4.68 Å². The van der Waals surface area contributed by atoms with E-state index >= 15 is 0 Å². The molecule has 2 rings (SSSR count). The lowest BCUT2D eigenvalue weighted by molar-refractivity contribution is -0.141. The summed E-state index contributed by atoms with van der Waals surface area (Å²) >= 11 is 0. The van der Waals surface area contributed by atoms with E-state index in [1.807, 2.05) is 0 Å². The monoisotopic (exact) mass is 255 g/mol. The topological polar surface area (TPSA) is 43.8 Å². The van der Waals surface area contributed by atoms with Crippen LogP contribution in [0.2, 0.25) is 0 Å². The maximum Gasteiger partial charge on any atom is 0.435 e. The van der Waals surface area contributed by atoms with Gasteiger partial charge in [-0.1, -0.05) is 12.1 Å². The van der Waals surface area contributed by atoms with E-state index in [0.717, 1.165) is 11.6 Å². The average Bonchev–Trinajstić information content (AvgIpc) is 2.71. The Hall–Kier alpha value is -1.82. The number of nitrogens with two attached hydrogens (primary N) is 1. The second-order valence-corrected chi connectivity index (χ2v) is 3.95. The summed E-state index contributed by atoms with van der Waals surface area (Å²) in [5.41, 5.74) is 6.51. The third-order valence-corrected chi connectivity index (χ3v) is 2.59. The van der Waals surface area contributed by atoms with Crippen LogP contribution in [0.15, 0.2) is 30.3 Å². The highest BCUT2D eigenvalue weighted by atomic mass is 19.4. The molecule has 2 N–H and O–H groups in total. The number of aromatic nitrogens is 2. The molecule has 0 unspecified atom stereocenters. The van der Waals surface area contributed by atoms with Gasteiger partial charge < -0.3 is 5.73 Å². The van der Waals surface area contributed by atoms with Crippen molar-refractivity contribution in [2.75, 3.05) is 0 Å². The third kappa shape index (κ3) is 2.38. The van der Waals surface area contributed by atoms with Crippen molar-refractivity contribution in [2.45, 2.75) is 19.6 Å². The molecule has 0 atom stereocenters. The van der Waals surface area contributed by atoms with Crippen molar-refractivity contribution in [2.24, 2.45) is 5.73 Å². The SMILES string of the molecule is Cc1cc(C(F)(F)F)nn1-c1ccc(CN)cc1. The molecule has 1 aromatic carbocycles. The minimum absolute atomic E-state index is 0.395. The van der Waals surface area contributed by atoms with Crippen molar-refractivity contribution in [1.29, 1.82) is 0 Å². The molecule has 96 valence electrons. The molecule has 0 radical (unpaired) electrons. The fraction of sp³-hybridized carbons (Fsp3) is 0.250. The first-order valence-corrected chi connectivity index (χ1v) is 5.35. The first-order valence-electron chi connectivity index (χ1n) is 5.35. The van der Waals surface area contributed by atoms with Gasteiger partial charge in [0.2, 0.25) is 0 Å². The fourth-order valence-corrected chi connectivity index (χ4v) is 1.65. The van der Waals surface area contributed by atoms with Gasteiger partial charge in [-0.05, 0) is 30.7 Å². The highest BCUT2D eigenvalue weighted by molar-refractivity contribution is 5.36. The van der Waals surface area contributed by atoms with Crippen LogP contribution in [0.1, 0.15) is 17.0 Å². The van der Waals surface area contributed by atoms with Crippen LogP contribution in [0.3, 0.4) is 0 Å². The van der Waals surface area contributed by atoms with Gasteiger partial charge in [-0.15, -0.1) is 0 Å². The average molecular weight is 255 g/mol. The van der Waals surface area contributed by atoms with E-state index in [9.17, 15) is 13.2 Å². The van der Waals surface area contributed by atoms with Crippen molar-refractivity contribution in [3.8, 4) is 5.69 Å². The molecule has 0 aliphatic carbocycles. The van der Waals surface area contributed by atoms with Crippen LogP contribution in [0.4, 0.5) is 13.2 Å². The lowest BCUT2D eigenvalue weighted by Gasteiger charge is -2.05. The molecule has 6 heteroatoms. The minimum atomic E-state index is -4.42. The first-order chi connectivity index (χ1) is 8.41. The number of nitrogens with zero attached hydrogens (tertiary/aromatic N) is 2. The van der Waals surface area contributed by atoms with Gasteiger partial charge in [0, 0.05) is 12.2 Å². The molecule has 3 nitrogen and oxygen atoms in total. The summed E-state index contributed by atoms with van der Waals surface area (Å²) in [5, 5.41) is 3.57. The Balaban J connectivity index is 2.41. The molecule has 2 aromatic rings. The minimum Gasteiger partial charge on any atom is -0.326 e. The second-order valence-electron chi connectivity index (χ2n) is 3.95. The van der Waals surface area contributed by atoms with Crippen LogP contribution in [-0.4, -0.2) is 9.78 Å². The van der Waals surface area contributed by atoms with Crippen LogP contribution < -0.4 is 5.73 Å². The van der Waals surface area contributed by atoms with E-state index in [0.29, 0.717) is 17.9 Å². The smallest absolute Gasteiger partial charge is 0.326 e. The summed E-state index contributed by atoms with van der Waals surface area (Å²) in [5.74, 6) is 0. The van der Waals surface area contributed by atoms with Crippen LogP contribution >= 0.6 is 0 Å². The zero-order valence-electron chi connectivity index (χ0n) is 9.70. The number of rotatable bonds is 2. The standard InChI is InChI=1S/C12H12F3N3/c1-8-6-11(12(13,14)15)17-18(8)10-4-2-9(7-16)3-5-10/h2-6H,7,16H2,1H3. The predicted octanol–water partition coefficient (Wildman–Crippen LogP) is 2.66. The van der Waals surface area contributed by atoms with E-state index in [2.05, 4.69) is 5.10 Å². The highest BCUT2D eigenvalue weighted by Crippen LogP contribution is 2.29. The summed E-state index contributed by atoms with van der Waals surface area (Å²) < 4.78 is 38.8. The number of alkyl halides is 3. The largest absolute Gasteiger partial charge is 0.435 e. The third-order valence-electron chi connectivity index (χ3n) is 2.59. The van der Waals surface area contributed by atoms with Crippen LogP contribution in [0, 0.1) is 6.92 Å². The zero-order valence-corrected chi connectivity index (χ0v) is 9.70. The Morgan fingerprint density at radius 2 is 1.83 bits per heavy atom. The van der Waals surface area contributed by atoms with E-state index < -0.39 is 11.9 Å². The molecule has 0 saturated carbocycles. The number of aryl methyl sites for hydroxylation is 1. The van der Waals surface area contributed by atoms with Gasteiger partial charge in [0.25, 0.3) is 0 Å². The van der Waals surface area contributed by atoms with Gasteiger partial charge in [0.15, 0.2) is 5.69 Å². The molecule has 0 spiro atoms. The normalized spacial score (nSPS) is 11.8. The van der Waals surface area contributed by atoms with Crippen molar-refractivity contribution >= 4 is 0 Å². The molecular formula is C12H12F3N3. The number of hydrogen-bond donors (Lipinski definition) is 1. The summed E-state index contributed by atoms with van der Waals surface area (Å²) in [6, 6.07) is 7.95. The second kappa shape index (κ2) is 4.45. The van der Waals surface area contributed by atoms with E-state index in [1.54, 1.807) is 31.2 Å². The van der Waals surface area contributed by atoms with Crippen LogP contribution in [-0.2, 0) is 12.7 Å². The molecule has 18 heavy (non-hydrogen) atoms. The molecule has 0 amide bonds. The predicted molar refractivity (Wildman–Crippen MR) is 61.2 cm³/mol. The molecule has 0 fully saturated rings. The zero-order chi connectivity index (χ0) is 13.3. The van der Waals surface area contributed by atoms with Gasteiger partial charge in [0.1, 0.15) is 0 Å². The Morgan fingerprint density at radius 3 is 2.28 bits per heavy atom. The Morgan fingerprint density at radius 1 is 1.22 bits per heavy atom. The lowest BCUT2D eigenvalue weighted by Crippen LogP contribution is -2.07. The Kier molecular flexibility index (Phi) is 3.13. The Bertz CT molecular complexity index is 541. The fourth-order valence-electron chi connectivity index (χ4n) is 1.65. The van der Waals surface area contributed by atoms with Crippen LogP contribution in [0.25, 0.3) is 5.69 Å². The number of benzene rings is 1. The molecule has 0 saturated heterocycles. The number of halogens is 3. The lowest BCUT2D eigenvalue weighted by atomic mass is 10.2. The molecule has 0 aliphatic heterocycles. The first kappa shape index (κ1) is 12.6. The molecule has 1 aromatic heterocycles. The van der Waals surface area contributed by atoms with Crippen molar-refractivity contribution in [1.82, 2.24) is 9.78 Å². The van der Waals surface area contributed by atoms with E-state index in [4.69, 9.17) is 5.73 Å². The summed E-state index contributed by atoms with van der Waals surface area (Å²) in [6.07, 6.45) is -4.42. The molecule has 0 bridgehead atoms. The van der Waals surface area contributed by atoms with Crippen LogP contribution in [0.5, 0.6) is 0 Å². The van der Waals surface area contributed by atoms with Gasteiger partial charge in [-0.3, -0.25) is 0 Å². The maximum atomic E-state index is 12.5. The molecular weight excluding hydrogens is 243 g/mol. The summed E-state index contributed by atoms with van der Waals surface area (Å²) in [7, 11) is 0. The van der Waals surface area contributed by atoms with Crippen molar-refractivity contribution in [3.05, 3.63) is 47.3 Å². The van der Waals surface area contributed by atoms with Crippen molar-refractivity contribution < 1.29 is 13.2 Å². The Labute approximate surface area is 102 Å². The summed E-state index contributed by atoms with van der Waals surface area (Å²) in [4.78, 5) is 0. The number of hydrogen-bond acceptors (Lipinski definition) is 2. The summed E-state index contributed by atoms with van der Waals surface area (Å²) in [6.45, 7) is 1.98. The van der Waals surface area contributed by atoms with Gasteiger partial charge >= 0.3 is 6.18 Å².